The van der Waals surface area contributed by atoms with E-state index in [0.717, 1.165) is 18.4 Å². The molecule has 3 heteroatoms. The van der Waals surface area contributed by atoms with Crippen molar-refractivity contribution in [1.82, 2.24) is 9.88 Å². The summed E-state index contributed by atoms with van der Waals surface area (Å²) in [6.45, 7) is 7.53. The van der Waals surface area contributed by atoms with Crippen LogP contribution >= 0.6 is 0 Å². The predicted molar refractivity (Wildman–Crippen MR) is 76.2 cm³/mol. The number of phenols is 1. The Kier molecular flexibility index (Phi) is 3.35. The van der Waals surface area contributed by atoms with Gasteiger partial charge in [-0.1, -0.05) is 0 Å². The van der Waals surface area contributed by atoms with Gasteiger partial charge in [0.2, 0.25) is 0 Å². The molecule has 1 aromatic heterocycles. The van der Waals surface area contributed by atoms with Gasteiger partial charge in [-0.25, -0.2) is 0 Å². The highest BCUT2D eigenvalue weighted by Gasteiger charge is 2.18. The van der Waals surface area contributed by atoms with Crippen molar-refractivity contribution in [2.24, 2.45) is 0 Å². The van der Waals surface area contributed by atoms with Crippen LogP contribution in [0.5, 0.6) is 5.75 Å². The molecule has 98 valence electrons. The Labute approximate surface area is 108 Å². The van der Waals surface area contributed by atoms with Crippen LogP contribution in [0.2, 0.25) is 0 Å². The molecule has 0 amide bonds. The summed E-state index contributed by atoms with van der Waals surface area (Å²) in [6.07, 6.45) is 3.18. The zero-order valence-electron chi connectivity index (χ0n) is 11.6. The highest BCUT2D eigenvalue weighted by Crippen LogP contribution is 2.30. The minimum Gasteiger partial charge on any atom is -0.508 e. The van der Waals surface area contributed by atoms with Crippen LogP contribution in [0.4, 0.5) is 0 Å². The number of fused-ring (bicyclic) bond motifs is 1. The molecule has 0 saturated carbocycles. The number of nitrogens with one attached hydrogen (secondary N) is 1. The first-order valence-electron chi connectivity index (χ1n) is 6.41. The fraction of sp³-hybridized carbons (Fsp3) is 0.467. The second-order valence-electron chi connectivity index (χ2n) is 5.75. The summed E-state index contributed by atoms with van der Waals surface area (Å²) in [5.41, 5.74) is 2.52. The van der Waals surface area contributed by atoms with Crippen LogP contribution in [0.25, 0.3) is 10.9 Å². The van der Waals surface area contributed by atoms with Crippen LogP contribution < -0.4 is 5.32 Å². The average molecular weight is 246 g/mol. The third-order valence-corrected chi connectivity index (χ3v) is 3.24. The Morgan fingerprint density at radius 1 is 1.28 bits per heavy atom. The molecule has 0 aliphatic heterocycles. The number of hydrogen-bond acceptors (Lipinski definition) is 2. The third kappa shape index (κ3) is 2.36. The molecule has 2 aromatic rings. The maximum atomic E-state index is 9.67. The summed E-state index contributed by atoms with van der Waals surface area (Å²) in [5.74, 6) is 0.333. The number of hydrogen-bond donors (Lipinski definition) is 2. The summed E-state index contributed by atoms with van der Waals surface area (Å²) in [4.78, 5) is 0. The maximum absolute atomic E-state index is 9.67. The molecule has 0 spiro atoms. The molecular weight excluding hydrogens is 224 g/mol. The molecule has 2 rings (SSSR count). The molecule has 2 N–H and O–H groups in total. The van der Waals surface area contributed by atoms with Crippen molar-refractivity contribution in [3.05, 3.63) is 30.0 Å². The Hall–Kier alpha value is -1.48. The minimum atomic E-state index is 0.0487. The van der Waals surface area contributed by atoms with Crippen LogP contribution in [-0.4, -0.2) is 23.3 Å². The zero-order chi connectivity index (χ0) is 13.3. The van der Waals surface area contributed by atoms with Crippen LogP contribution in [0.1, 0.15) is 26.3 Å². The van der Waals surface area contributed by atoms with Gasteiger partial charge in [-0.15, -0.1) is 0 Å². The molecule has 0 radical (unpaired) electrons. The lowest BCUT2D eigenvalue weighted by atomic mass is 10.1. The number of benzene rings is 1. The molecule has 1 aromatic carbocycles. The Morgan fingerprint density at radius 3 is 2.61 bits per heavy atom. The van der Waals surface area contributed by atoms with Crippen molar-refractivity contribution in [3.63, 3.8) is 0 Å². The van der Waals surface area contributed by atoms with Crippen molar-refractivity contribution in [2.45, 2.75) is 32.7 Å². The van der Waals surface area contributed by atoms with E-state index in [4.69, 9.17) is 0 Å². The molecule has 0 unspecified atom stereocenters. The van der Waals surface area contributed by atoms with Crippen molar-refractivity contribution in [3.8, 4) is 5.75 Å². The smallest absolute Gasteiger partial charge is 0.116 e. The van der Waals surface area contributed by atoms with Gasteiger partial charge in [-0.3, -0.25) is 0 Å². The summed E-state index contributed by atoms with van der Waals surface area (Å²) < 4.78 is 2.28. The number of aromatic nitrogens is 1. The first-order valence-corrected chi connectivity index (χ1v) is 6.41. The molecule has 18 heavy (non-hydrogen) atoms. The highest BCUT2D eigenvalue weighted by molar-refractivity contribution is 5.85. The monoisotopic (exact) mass is 246 g/mol. The lowest BCUT2D eigenvalue weighted by Gasteiger charge is -2.22. The number of nitrogens with zero attached hydrogens (tertiary/aromatic N) is 1. The standard InChI is InChI=1S/C15H22N2O/c1-15(2,3)17-10-11(7-8-16-4)13-9-12(18)5-6-14(13)17/h5-6,9-10,16,18H,7-8H2,1-4H3. The van der Waals surface area contributed by atoms with Crippen LogP contribution in [0.15, 0.2) is 24.4 Å². The second-order valence-corrected chi connectivity index (χ2v) is 5.75. The molecule has 0 aliphatic carbocycles. The number of rotatable bonds is 3. The van der Waals surface area contributed by atoms with E-state index in [0.29, 0.717) is 5.75 Å². The lowest BCUT2D eigenvalue weighted by Crippen LogP contribution is -2.20. The van der Waals surface area contributed by atoms with Gasteiger partial charge in [0.05, 0.1) is 0 Å². The van der Waals surface area contributed by atoms with E-state index in [-0.39, 0.29) is 5.54 Å². The van der Waals surface area contributed by atoms with E-state index in [1.54, 1.807) is 6.07 Å². The quantitative estimate of drug-likeness (QED) is 0.874. The summed E-state index contributed by atoms with van der Waals surface area (Å²) >= 11 is 0. The second kappa shape index (κ2) is 4.65. The average Bonchev–Trinajstić information content (AvgIpc) is 2.64. The van der Waals surface area contributed by atoms with Crippen LogP contribution in [0.3, 0.4) is 0 Å². The summed E-state index contributed by atoms with van der Waals surface area (Å²) in [7, 11) is 1.96. The normalized spacial score (nSPS) is 12.2. The van der Waals surface area contributed by atoms with E-state index in [1.807, 2.05) is 19.2 Å². The van der Waals surface area contributed by atoms with Gasteiger partial charge in [0.1, 0.15) is 5.75 Å². The minimum absolute atomic E-state index is 0.0487. The highest BCUT2D eigenvalue weighted by atomic mass is 16.3. The van der Waals surface area contributed by atoms with Crippen molar-refractivity contribution < 1.29 is 5.11 Å². The fourth-order valence-electron chi connectivity index (χ4n) is 2.30. The molecular formula is C15H22N2O. The summed E-state index contributed by atoms with van der Waals surface area (Å²) in [6, 6.07) is 5.62. The Morgan fingerprint density at radius 2 is 2.00 bits per heavy atom. The van der Waals surface area contributed by atoms with E-state index < -0.39 is 0 Å². The molecule has 0 bridgehead atoms. The largest absolute Gasteiger partial charge is 0.508 e. The third-order valence-electron chi connectivity index (χ3n) is 3.24. The maximum Gasteiger partial charge on any atom is 0.116 e. The lowest BCUT2D eigenvalue weighted by molar-refractivity contribution is 0.410. The van der Waals surface area contributed by atoms with Gasteiger partial charge >= 0.3 is 0 Å². The number of likely N-dealkylation sites (N-methyl/N-ethyl adjacent to an activating group) is 1. The Bertz CT molecular complexity index is 549. The number of phenolic OH excluding ortho intramolecular Hbond substituents is 1. The van der Waals surface area contributed by atoms with Gasteiger partial charge in [-0.05, 0) is 64.5 Å². The van der Waals surface area contributed by atoms with Crippen molar-refractivity contribution in [2.75, 3.05) is 13.6 Å². The fourth-order valence-corrected chi connectivity index (χ4v) is 2.30. The first kappa shape index (κ1) is 13.0. The molecule has 3 nitrogen and oxygen atoms in total. The van der Waals surface area contributed by atoms with Gasteiger partial charge in [0.25, 0.3) is 0 Å². The van der Waals surface area contributed by atoms with E-state index >= 15 is 0 Å². The van der Waals surface area contributed by atoms with E-state index in [2.05, 4.69) is 36.9 Å². The van der Waals surface area contributed by atoms with Gasteiger partial charge in [0, 0.05) is 22.6 Å². The van der Waals surface area contributed by atoms with Gasteiger partial charge in [0.15, 0.2) is 0 Å². The van der Waals surface area contributed by atoms with Crippen LogP contribution in [0, 0.1) is 0 Å². The van der Waals surface area contributed by atoms with Crippen molar-refractivity contribution >= 4 is 10.9 Å². The zero-order valence-corrected chi connectivity index (χ0v) is 11.6. The Balaban J connectivity index is 2.60. The SMILES string of the molecule is CNCCc1cn(C(C)(C)C)c2ccc(O)cc12. The molecule has 0 fully saturated rings. The van der Waals surface area contributed by atoms with E-state index in [9.17, 15) is 5.11 Å². The van der Waals surface area contributed by atoms with Gasteiger partial charge in [-0.2, -0.15) is 0 Å². The van der Waals surface area contributed by atoms with E-state index in [1.165, 1.54) is 11.1 Å². The molecule has 0 aliphatic rings. The predicted octanol–water partition coefficient (Wildman–Crippen LogP) is 2.86. The molecule has 0 saturated heterocycles. The van der Waals surface area contributed by atoms with Gasteiger partial charge < -0.3 is 15.0 Å². The molecule has 1 heterocycles. The van der Waals surface area contributed by atoms with Crippen LogP contribution in [-0.2, 0) is 12.0 Å². The van der Waals surface area contributed by atoms with Crippen molar-refractivity contribution in [1.29, 1.82) is 0 Å². The topological polar surface area (TPSA) is 37.2 Å². The summed E-state index contributed by atoms with van der Waals surface area (Å²) in [5, 5.41) is 14.0. The first-order chi connectivity index (χ1) is 8.43. The number of aromatic hydroxyl groups is 1. The molecule has 0 atom stereocenters.